The van der Waals surface area contributed by atoms with Crippen LogP contribution in [0.25, 0.3) is 0 Å². The van der Waals surface area contributed by atoms with Crippen LogP contribution in [0.2, 0.25) is 0 Å². The average molecular weight is 175 g/mol. The van der Waals surface area contributed by atoms with E-state index in [0.29, 0.717) is 0 Å². The number of aliphatic hydroxyl groups is 1. The van der Waals surface area contributed by atoms with Gasteiger partial charge >= 0.3 is 0 Å². The van der Waals surface area contributed by atoms with Crippen LogP contribution >= 0.6 is 0 Å². The highest BCUT2D eigenvalue weighted by atomic mass is 16.5. The molecule has 0 heterocycles. The van der Waals surface area contributed by atoms with Crippen LogP contribution in [0.4, 0.5) is 0 Å². The number of aliphatic hydroxyl groups excluding tert-OH is 1. The Bertz CT molecular complexity index is 80.6. The monoisotopic (exact) mass is 175 g/mol. The Balaban J connectivity index is 3.40. The molecule has 0 rings (SSSR count). The Morgan fingerprint density at radius 2 is 2.00 bits per heavy atom. The van der Waals surface area contributed by atoms with E-state index in [1.54, 1.807) is 7.11 Å². The van der Waals surface area contributed by atoms with Gasteiger partial charge in [0.25, 0.3) is 0 Å². The summed E-state index contributed by atoms with van der Waals surface area (Å²) >= 11 is 0. The first-order valence-electron chi connectivity index (χ1n) is 4.67. The fraction of sp³-hybridized carbons (Fsp3) is 1.00. The zero-order valence-corrected chi connectivity index (χ0v) is 8.25. The molecule has 3 nitrogen and oxygen atoms in total. The van der Waals surface area contributed by atoms with Gasteiger partial charge in [-0.15, -0.1) is 0 Å². The average Bonchev–Trinajstić information content (AvgIpc) is 2.10. The van der Waals surface area contributed by atoms with Crippen LogP contribution in [0.5, 0.6) is 0 Å². The first kappa shape index (κ1) is 11.9. The van der Waals surface area contributed by atoms with Gasteiger partial charge in [-0.25, -0.2) is 0 Å². The Hall–Kier alpha value is -0.120. The zero-order valence-electron chi connectivity index (χ0n) is 8.25. The third kappa shape index (κ3) is 6.58. The van der Waals surface area contributed by atoms with Gasteiger partial charge in [-0.3, -0.25) is 4.90 Å². The molecule has 0 radical (unpaired) electrons. The van der Waals surface area contributed by atoms with Gasteiger partial charge in [0, 0.05) is 20.2 Å². The summed E-state index contributed by atoms with van der Waals surface area (Å²) < 4.78 is 4.98. The Morgan fingerprint density at radius 1 is 1.25 bits per heavy atom. The SMILES string of the molecule is CCCCN(CCO)CCOC. The van der Waals surface area contributed by atoms with Crippen LogP contribution in [0, 0.1) is 0 Å². The van der Waals surface area contributed by atoms with Crippen molar-refractivity contribution in [2.45, 2.75) is 19.8 Å². The Labute approximate surface area is 75.3 Å². The molecule has 0 fully saturated rings. The van der Waals surface area contributed by atoms with E-state index in [4.69, 9.17) is 9.84 Å². The van der Waals surface area contributed by atoms with Crippen LogP contribution in [0.15, 0.2) is 0 Å². The summed E-state index contributed by atoms with van der Waals surface area (Å²) in [5.41, 5.74) is 0. The summed E-state index contributed by atoms with van der Waals surface area (Å²) in [5.74, 6) is 0. The molecule has 3 heteroatoms. The molecule has 1 N–H and O–H groups in total. The van der Waals surface area contributed by atoms with E-state index >= 15 is 0 Å². The van der Waals surface area contributed by atoms with Crippen molar-refractivity contribution < 1.29 is 9.84 Å². The van der Waals surface area contributed by atoms with Gasteiger partial charge in [0.2, 0.25) is 0 Å². The second-order valence-corrected chi connectivity index (χ2v) is 2.91. The van der Waals surface area contributed by atoms with Gasteiger partial charge in [0.05, 0.1) is 13.2 Å². The lowest BCUT2D eigenvalue weighted by atomic mass is 10.3. The second kappa shape index (κ2) is 8.97. The molecule has 0 unspecified atom stereocenters. The molecule has 0 aliphatic heterocycles. The normalized spacial score (nSPS) is 11.0. The topological polar surface area (TPSA) is 32.7 Å². The van der Waals surface area contributed by atoms with E-state index in [1.165, 1.54) is 12.8 Å². The van der Waals surface area contributed by atoms with E-state index in [-0.39, 0.29) is 6.61 Å². The third-order valence-electron chi connectivity index (χ3n) is 1.86. The third-order valence-corrected chi connectivity index (χ3v) is 1.86. The van der Waals surface area contributed by atoms with E-state index < -0.39 is 0 Å². The Morgan fingerprint density at radius 3 is 2.50 bits per heavy atom. The van der Waals surface area contributed by atoms with Crippen molar-refractivity contribution in [3.05, 3.63) is 0 Å². The van der Waals surface area contributed by atoms with E-state index in [0.717, 1.165) is 26.2 Å². The molecule has 0 aliphatic carbocycles. The second-order valence-electron chi connectivity index (χ2n) is 2.91. The maximum absolute atomic E-state index is 8.75. The fourth-order valence-electron chi connectivity index (χ4n) is 1.08. The molecule has 0 amide bonds. The molecule has 0 aromatic rings. The van der Waals surface area contributed by atoms with Crippen molar-refractivity contribution in [2.75, 3.05) is 40.0 Å². The fourth-order valence-corrected chi connectivity index (χ4v) is 1.08. The summed E-state index contributed by atoms with van der Waals surface area (Å²) in [6.45, 7) is 5.94. The van der Waals surface area contributed by atoms with Gasteiger partial charge in [-0.05, 0) is 13.0 Å². The van der Waals surface area contributed by atoms with E-state index in [2.05, 4.69) is 11.8 Å². The molecule has 74 valence electrons. The lowest BCUT2D eigenvalue weighted by Gasteiger charge is -2.20. The number of methoxy groups -OCH3 is 1. The molecule has 0 aliphatic rings. The summed E-state index contributed by atoms with van der Waals surface area (Å²) in [6.07, 6.45) is 2.40. The molecule has 0 bridgehead atoms. The van der Waals surface area contributed by atoms with Crippen molar-refractivity contribution in [3.8, 4) is 0 Å². The minimum Gasteiger partial charge on any atom is -0.395 e. The van der Waals surface area contributed by atoms with Crippen molar-refractivity contribution in [2.24, 2.45) is 0 Å². The van der Waals surface area contributed by atoms with E-state index in [1.807, 2.05) is 0 Å². The highest BCUT2D eigenvalue weighted by Crippen LogP contribution is 1.94. The number of ether oxygens (including phenoxy) is 1. The highest BCUT2D eigenvalue weighted by molar-refractivity contribution is 4.55. The Kier molecular flexibility index (Phi) is 8.88. The van der Waals surface area contributed by atoms with Gasteiger partial charge in [-0.1, -0.05) is 13.3 Å². The molecule has 0 atom stereocenters. The van der Waals surface area contributed by atoms with Crippen LogP contribution in [0.1, 0.15) is 19.8 Å². The van der Waals surface area contributed by atoms with E-state index in [9.17, 15) is 0 Å². The van der Waals surface area contributed by atoms with Crippen molar-refractivity contribution in [1.29, 1.82) is 0 Å². The molecule has 12 heavy (non-hydrogen) atoms. The number of hydrogen-bond donors (Lipinski definition) is 1. The van der Waals surface area contributed by atoms with Crippen LogP contribution in [-0.4, -0.2) is 50.0 Å². The summed E-state index contributed by atoms with van der Waals surface area (Å²) in [7, 11) is 1.71. The number of unbranched alkanes of at least 4 members (excludes halogenated alkanes) is 1. The molecule has 0 aromatic heterocycles. The van der Waals surface area contributed by atoms with Gasteiger partial charge in [0.1, 0.15) is 0 Å². The van der Waals surface area contributed by atoms with Crippen molar-refractivity contribution >= 4 is 0 Å². The predicted octanol–water partition coefficient (Wildman–Crippen LogP) is 0.727. The molecule has 0 saturated carbocycles. The van der Waals surface area contributed by atoms with Crippen LogP contribution in [-0.2, 0) is 4.74 Å². The van der Waals surface area contributed by atoms with Crippen molar-refractivity contribution in [3.63, 3.8) is 0 Å². The minimum absolute atomic E-state index is 0.243. The smallest absolute Gasteiger partial charge is 0.0589 e. The molecule has 0 aromatic carbocycles. The first-order chi connectivity index (χ1) is 5.85. The van der Waals surface area contributed by atoms with Crippen LogP contribution in [0.3, 0.4) is 0 Å². The number of hydrogen-bond acceptors (Lipinski definition) is 3. The summed E-state index contributed by atoms with van der Waals surface area (Å²) in [5, 5.41) is 8.75. The first-order valence-corrected chi connectivity index (χ1v) is 4.67. The van der Waals surface area contributed by atoms with Crippen molar-refractivity contribution in [1.82, 2.24) is 4.90 Å². The predicted molar refractivity (Wildman–Crippen MR) is 50.3 cm³/mol. The largest absolute Gasteiger partial charge is 0.395 e. The summed E-state index contributed by atoms with van der Waals surface area (Å²) in [6, 6.07) is 0. The lowest BCUT2D eigenvalue weighted by molar-refractivity contribution is 0.130. The highest BCUT2D eigenvalue weighted by Gasteiger charge is 2.01. The minimum atomic E-state index is 0.243. The number of nitrogens with zero attached hydrogens (tertiary/aromatic N) is 1. The van der Waals surface area contributed by atoms with Gasteiger partial charge in [0.15, 0.2) is 0 Å². The molecule has 0 spiro atoms. The maximum atomic E-state index is 8.75. The molecule has 0 saturated heterocycles. The maximum Gasteiger partial charge on any atom is 0.0589 e. The quantitative estimate of drug-likeness (QED) is 0.590. The lowest BCUT2D eigenvalue weighted by Crippen LogP contribution is -2.31. The molecular weight excluding hydrogens is 154 g/mol. The zero-order chi connectivity index (χ0) is 9.23. The number of rotatable bonds is 8. The van der Waals surface area contributed by atoms with Gasteiger partial charge < -0.3 is 9.84 Å². The van der Waals surface area contributed by atoms with Crippen LogP contribution < -0.4 is 0 Å². The van der Waals surface area contributed by atoms with Gasteiger partial charge in [-0.2, -0.15) is 0 Å². The standard InChI is InChI=1S/C9H21NO2/c1-3-4-5-10(6-8-11)7-9-12-2/h11H,3-9H2,1-2H3. The molecular formula is C9H21NO2. The summed E-state index contributed by atoms with van der Waals surface area (Å²) in [4.78, 5) is 2.23.